The van der Waals surface area contributed by atoms with E-state index in [9.17, 15) is 9.59 Å². The van der Waals surface area contributed by atoms with Crippen LogP contribution in [0.1, 0.15) is 34.3 Å². The van der Waals surface area contributed by atoms with Crippen molar-refractivity contribution in [3.8, 4) is 0 Å². The van der Waals surface area contributed by atoms with E-state index < -0.39 is 0 Å². The van der Waals surface area contributed by atoms with Gasteiger partial charge in [0.2, 0.25) is 0 Å². The number of aryl methyl sites for hydroxylation is 1. The van der Waals surface area contributed by atoms with Crippen LogP contribution in [0.15, 0.2) is 33.9 Å². The zero-order valence-corrected chi connectivity index (χ0v) is 18.7. The molecule has 1 N–H and O–H groups in total. The fourth-order valence-electron chi connectivity index (χ4n) is 3.64. The smallest absolute Gasteiger partial charge is 0.263 e. The van der Waals surface area contributed by atoms with E-state index >= 15 is 0 Å². The number of rotatable bonds is 8. The predicted molar refractivity (Wildman–Crippen MR) is 119 cm³/mol. The van der Waals surface area contributed by atoms with Gasteiger partial charge in [0.25, 0.3) is 11.5 Å². The molecule has 29 heavy (non-hydrogen) atoms. The lowest BCUT2D eigenvalue weighted by atomic mass is 9.99. The maximum absolute atomic E-state index is 13.3. The Balaban J connectivity index is 0.00000300. The molecule has 1 saturated heterocycles. The van der Waals surface area contributed by atoms with Gasteiger partial charge in [-0.3, -0.25) is 9.59 Å². The Kier molecular flexibility index (Phi) is 9.36. The van der Waals surface area contributed by atoms with Gasteiger partial charge >= 0.3 is 0 Å². The number of hydrogen-bond donors (Lipinski definition) is 1. The van der Waals surface area contributed by atoms with E-state index in [1.165, 1.54) is 0 Å². The van der Waals surface area contributed by atoms with Gasteiger partial charge in [-0.25, -0.2) is 0 Å². The van der Waals surface area contributed by atoms with E-state index in [-0.39, 0.29) is 29.4 Å². The van der Waals surface area contributed by atoms with E-state index in [4.69, 9.17) is 4.74 Å². The van der Waals surface area contributed by atoms with Crippen LogP contribution in [0, 0.1) is 12.8 Å². The summed E-state index contributed by atoms with van der Waals surface area (Å²) < 4.78 is 6.89. The minimum absolute atomic E-state index is 0. The highest BCUT2D eigenvalue weighted by Crippen LogP contribution is 2.15. The Labute approximate surface area is 182 Å². The first kappa shape index (κ1) is 23.6. The zero-order chi connectivity index (χ0) is 19.9. The lowest BCUT2D eigenvalue weighted by Crippen LogP contribution is -2.40. The van der Waals surface area contributed by atoms with Crippen molar-refractivity contribution < 1.29 is 9.53 Å². The molecule has 160 valence electrons. The predicted octanol–water partition coefficient (Wildman–Crippen LogP) is 2.93. The van der Waals surface area contributed by atoms with Crippen molar-refractivity contribution >= 4 is 29.7 Å². The molecule has 1 aliphatic rings. The molecule has 0 aromatic carbocycles. The number of carbonyl (C=O) groups is 1. The van der Waals surface area contributed by atoms with Crippen LogP contribution in [0.2, 0.25) is 0 Å². The number of thiophene rings is 1. The van der Waals surface area contributed by atoms with Crippen LogP contribution in [0.4, 0.5) is 0 Å². The van der Waals surface area contributed by atoms with E-state index in [1.54, 1.807) is 27.9 Å². The van der Waals surface area contributed by atoms with E-state index in [1.807, 2.05) is 36.0 Å². The number of aromatic nitrogens is 1. The minimum atomic E-state index is -0.220. The molecule has 0 saturated carbocycles. The van der Waals surface area contributed by atoms with Crippen LogP contribution in [0.5, 0.6) is 0 Å². The van der Waals surface area contributed by atoms with E-state index in [0.717, 1.165) is 37.1 Å². The van der Waals surface area contributed by atoms with Crippen LogP contribution in [0.25, 0.3) is 0 Å². The summed E-state index contributed by atoms with van der Waals surface area (Å²) in [6, 6.07) is 3.88. The number of nitrogens with one attached hydrogen (secondary N) is 1. The van der Waals surface area contributed by atoms with E-state index in [0.29, 0.717) is 32.2 Å². The second kappa shape index (κ2) is 11.5. The van der Waals surface area contributed by atoms with Gasteiger partial charge in [0.1, 0.15) is 5.56 Å². The van der Waals surface area contributed by atoms with Crippen LogP contribution >= 0.6 is 23.7 Å². The molecular formula is C21H30ClN3O3S. The average Bonchev–Trinajstić information content (AvgIpc) is 3.21. The maximum atomic E-state index is 13.3. The number of amides is 1. The number of ether oxygens (including phenoxy) is 1. The summed E-state index contributed by atoms with van der Waals surface area (Å²) in [6.45, 7) is 5.80. The summed E-state index contributed by atoms with van der Waals surface area (Å²) in [7, 11) is 1.62. The molecule has 1 amide bonds. The first-order valence-corrected chi connectivity index (χ1v) is 10.7. The molecule has 0 spiro atoms. The molecule has 1 fully saturated rings. The Morgan fingerprint density at radius 2 is 2.24 bits per heavy atom. The van der Waals surface area contributed by atoms with Gasteiger partial charge < -0.3 is 19.5 Å². The molecule has 3 rings (SSSR count). The monoisotopic (exact) mass is 439 g/mol. The quantitative estimate of drug-likeness (QED) is 0.686. The van der Waals surface area contributed by atoms with Gasteiger partial charge in [-0.05, 0) is 72.8 Å². The first-order chi connectivity index (χ1) is 13.6. The van der Waals surface area contributed by atoms with Crippen LogP contribution in [-0.2, 0) is 17.8 Å². The highest BCUT2D eigenvalue weighted by molar-refractivity contribution is 7.07. The number of pyridine rings is 1. The van der Waals surface area contributed by atoms with Crippen molar-refractivity contribution in [2.45, 2.75) is 32.9 Å². The van der Waals surface area contributed by atoms with Crippen molar-refractivity contribution in [2.75, 3.05) is 33.4 Å². The highest BCUT2D eigenvalue weighted by atomic mass is 35.5. The van der Waals surface area contributed by atoms with Gasteiger partial charge in [0, 0.05) is 32.9 Å². The van der Waals surface area contributed by atoms with Gasteiger partial charge in [-0.1, -0.05) is 0 Å². The molecule has 6 nitrogen and oxygen atoms in total. The number of hydrogen-bond acceptors (Lipinski definition) is 5. The molecule has 2 aromatic heterocycles. The molecule has 1 atom stereocenters. The molecular weight excluding hydrogens is 410 g/mol. The number of carbonyl (C=O) groups excluding carboxylic acids is 1. The highest BCUT2D eigenvalue weighted by Gasteiger charge is 2.23. The fraction of sp³-hybridized carbons (Fsp3) is 0.524. The third-order valence-electron chi connectivity index (χ3n) is 5.25. The van der Waals surface area contributed by atoms with Crippen molar-refractivity contribution in [2.24, 2.45) is 5.92 Å². The fourth-order valence-corrected chi connectivity index (χ4v) is 4.30. The standard InChI is InChI=1S/C21H29N3O3S.ClH/c1-16-5-8-23(13-17-4-3-7-22-12-17)20(25)19(16)21(26)24(9-10-27-2)14-18-6-11-28-15-18;/h5-6,8,11,15,17,22H,3-4,7,9-10,12-14H2,1-2H3;1H. The van der Waals surface area contributed by atoms with Crippen LogP contribution in [0.3, 0.4) is 0 Å². The van der Waals surface area contributed by atoms with Crippen molar-refractivity contribution in [1.82, 2.24) is 14.8 Å². The summed E-state index contributed by atoms with van der Waals surface area (Å²) in [4.78, 5) is 28.2. The molecule has 0 radical (unpaired) electrons. The summed E-state index contributed by atoms with van der Waals surface area (Å²) >= 11 is 1.60. The Hall–Kier alpha value is -1.67. The van der Waals surface area contributed by atoms with E-state index in [2.05, 4.69) is 5.32 Å². The van der Waals surface area contributed by atoms with Crippen molar-refractivity contribution in [1.29, 1.82) is 0 Å². The number of halogens is 1. The van der Waals surface area contributed by atoms with Crippen LogP contribution in [-0.4, -0.2) is 48.7 Å². The van der Waals surface area contributed by atoms with Crippen LogP contribution < -0.4 is 10.9 Å². The second-order valence-corrected chi connectivity index (χ2v) is 8.17. The topological polar surface area (TPSA) is 63.6 Å². The normalized spacial score (nSPS) is 16.3. The van der Waals surface area contributed by atoms with Gasteiger partial charge in [0.05, 0.1) is 6.61 Å². The van der Waals surface area contributed by atoms with Gasteiger partial charge in [-0.15, -0.1) is 12.4 Å². The molecule has 8 heteroatoms. The molecule has 1 aliphatic heterocycles. The average molecular weight is 440 g/mol. The summed E-state index contributed by atoms with van der Waals surface area (Å²) in [5.74, 6) is 0.203. The lowest BCUT2D eigenvalue weighted by molar-refractivity contribution is 0.0677. The number of piperidine rings is 1. The lowest BCUT2D eigenvalue weighted by Gasteiger charge is -2.25. The third-order valence-corrected chi connectivity index (χ3v) is 5.98. The van der Waals surface area contributed by atoms with Crippen molar-refractivity contribution in [3.05, 3.63) is 56.1 Å². The molecule has 0 aliphatic carbocycles. The molecule has 2 aromatic rings. The molecule has 0 bridgehead atoms. The second-order valence-electron chi connectivity index (χ2n) is 7.39. The molecule has 1 unspecified atom stereocenters. The first-order valence-electron chi connectivity index (χ1n) is 9.80. The van der Waals surface area contributed by atoms with Gasteiger partial charge in [-0.2, -0.15) is 11.3 Å². The third kappa shape index (κ3) is 6.15. The maximum Gasteiger partial charge on any atom is 0.263 e. The largest absolute Gasteiger partial charge is 0.383 e. The summed E-state index contributed by atoms with van der Waals surface area (Å²) in [5, 5.41) is 7.41. The Morgan fingerprint density at radius 1 is 1.41 bits per heavy atom. The van der Waals surface area contributed by atoms with Crippen molar-refractivity contribution in [3.63, 3.8) is 0 Å². The Morgan fingerprint density at radius 3 is 2.90 bits per heavy atom. The minimum Gasteiger partial charge on any atom is -0.383 e. The molecule has 3 heterocycles. The summed E-state index contributed by atoms with van der Waals surface area (Å²) in [5.41, 5.74) is 1.87. The Bertz CT molecular complexity index is 832. The zero-order valence-electron chi connectivity index (χ0n) is 17.1. The summed E-state index contributed by atoms with van der Waals surface area (Å²) in [6.07, 6.45) is 4.05. The SMILES string of the molecule is COCCN(Cc1ccsc1)C(=O)c1c(C)ccn(CC2CCCNC2)c1=O.Cl. The number of methoxy groups -OCH3 is 1. The van der Waals surface area contributed by atoms with Gasteiger partial charge in [0.15, 0.2) is 0 Å². The number of nitrogens with zero attached hydrogens (tertiary/aromatic N) is 2.